The van der Waals surface area contributed by atoms with Gasteiger partial charge in [-0.15, -0.1) is 0 Å². The van der Waals surface area contributed by atoms with E-state index in [-0.39, 0.29) is 12.1 Å². The fourth-order valence-corrected chi connectivity index (χ4v) is 2.86. The van der Waals surface area contributed by atoms with Crippen molar-refractivity contribution in [3.05, 3.63) is 35.4 Å². The van der Waals surface area contributed by atoms with Crippen LogP contribution in [0.15, 0.2) is 18.2 Å². The van der Waals surface area contributed by atoms with Crippen molar-refractivity contribution < 1.29 is 23.4 Å². The molecule has 1 aromatic carbocycles. The first-order valence-electron chi connectivity index (χ1n) is 8.21. The number of aryl methyl sites for hydroxylation is 1. The molecule has 0 spiro atoms. The average molecular weight is 342 g/mol. The van der Waals surface area contributed by atoms with E-state index in [1.807, 2.05) is 0 Å². The van der Waals surface area contributed by atoms with Gasteiger partial charge in [-0.25, -0.2) is 13.6 Å². The Morgan fingerprint density at radius 3 is 2.79 bits per heavy atom. The van der Waals surface area contributed by atoms with Gasteiger partial charge in [-0.1, -0.05) is 0 Å². The second-order valence-corrected chi connectivity index (χ2v) is 6.12. The molecule has 2 amide bonds. The SMILES string of the molecule is C[C@@H](O)C[C@@H]1COCCN1C(=O)NCCCc1cc(F)cc(F)c1. The molecule has 7 heteroatoms. The van der Waals surface area contributed by atoms with Gasteiger partial charge in [0.05, 0.1) is 25.4 Å². The van der Waals surface area contributed by atoms with Crippen LogP contribution in [-0.2, 0) is 11.2 Å². The highest BCUT2D eigenvalue weighted by Crippen LogP contribution is 2.13. The van der Waals surface area contributed by atoms with Gasteiger partial charge in [-0.2, -0.15) is 0 Å². The number of carbonyl (C=O) groups excluding carboxylic acids is 1. The molecule has 5 nitrogen and oxygen atoms in total. The van der Waals surface area contributed by atoms with E-state index < -0.39 is 17.7 Å². The third-order valence-electron chi connectivity index (χ3n) is 3.94. The van der Waals surface area contributed by atoms with Gasteiger partial charge in [-0.05, 0) is 43.9 Å². The maximum Gasteiger partial charge on any atom is 0.317 e. The summed E-state index contributed by atoms with van der Waals surface area (Å²) in [5, 5.41) is 12.3. The van der Waals surface area contributed by atoms with Crippen LogP contribution in [0.3, 0.4) is 0 Å². The number of ether oxygens (including phenoxy) is 1. The van der Waals surface area contributed by atoms with E-state index in [2.05, 4.69) is 5.32 Å². The fourth-order valence-electron chi connectivity index (χ4n) is 2.86. The second-order valence-electron chi connectivity index (χ2n) is 6.12. The van der Waals surface area contributed by atoms with Crippen LogP contribution < -0.4 is 5.32 Å². The molecule has 1 aromatic rings. The molecule has 0 radical (unpaired) electrons. The Labute approximate surface area is 140 Å². The first-order chi connectivity index (χ1) is 11.5. The van der Waals surface area contributed by atoms with E-state index >= 15 is 0 Å². The molecule has 2 rings (SSSR count). The number of carbonyl (C=O) groups is 1. The van der Waals surface area contributed by atoms with Crippen molar-refractivity contribution in [3.8, 4) is 0 Å². The number of morpholine rings is 1. The standard InChI is InChI=1S/C17H24F2N2O3/c1-12(22)7-16-11-24-6-5-21(16)17(23)20-4-2-3-13-8-14(18)10-15(19)9-13/h8-10,12,16,22H,2-7,11H2,1H3,(H,20,23)/t12-,16-/m1/s1. The van der Waals surface area contributed by atoms with Gasteiger partial charge in [0.1, 0.15) is 11.6 Å². The van der Waals surface area contributed by atoms with Gasteiger partial charge in [-0.3, -0.25) is 0 Å². The van der Waals surface area contributed by atoms with Crippen LogP contribution in [0.1, 0.15) is 25.3 Å². The van der Waals surface area contributed by atoms with Gasteiger partial charge in [0.15, 0.2) is 0 Å². The predicted molar refractivity (Wildman–Crippen MR) is 85.7 cm³/mol. The lowest BCUT2D eigenvalue weighted by Crippen LogP contribution is -2.53. The van der Waals surface area contributed by atoms with Crippen LogP contribution in [0.2, 0.25) is 0 Å². The number of amides is 2. The maximum absolute atomic E-state index is 13.1. The Morgan fingerprint density at radius 2 is 2.12 bits per heavy atom. The number of urea groups is 1. The van der Waals surface area contributed by atoms with Crippen molar-refractivity contribution in [1.29, 1.82) is 0 Å². The van der Waals surface area contributed by atoms with E-state index in [1.165, 1.54) is 12.1 Å². The van der Waals surface area contributed by atoms with Crippen molar-refractivity contribution in [1.82, 2.24) is 10.2 Å². The van der Waals surface area contributed by atoms with Gasteiger partial charge in [0, 0.05) is 19.2 Å². The van der Waals surface area contributed by atoms with Gasteiger partial charge in [0.25, 0.3) is 0 Å². The zero-order chi connectivity index (χ0) is 17.5. The topological polar surface area (TPSA) is 61.8 Å². The molecule has 1 saturated heterocycles. The molecule has 24 heavy (non-hydrogen) atoms. The first-order valence-corrected chi connectivity index (χ1v) is 8.21. The number of benzene rings is 1. The molecule has 0 bridgehead atoms. The molecule has 0 saturated carbocycles. The molecule has 2 N–H and O–H groups in total. The summed E-state index contributed by atoms with van der Waals surface area (Å²) in [5.74, 6) is -1.19. The number of aliphatic hydroxyl groups is 1. The molecular formula is C17H24F2N2O3. The number of hydrogen-bond donors (Lipinski definition) is 2. The molecule has 1 aliphatic rings. The second kappa shape index (κ2) is 8.94. The molecule has 1 heterocycles. The van der Waals surface area contributed by atoms with E-state index in [0.717, 1.165) is 6.07 Å². The highest BCUT2D eigenvalue weighted by atomic mass is 19.1. The summed E-state index contributed by atoms with van der Waals surface area (Å²) >= 11 is 0. The fraction of sp³-hybridized carbons (Fsp3) is 0.588. The molecule has 0 aromatic heterocycles. The lowest BCUT2D eigenvalue weighted by Gasteiger charge is -2.36. The average Bonchev–Trinajstić information content (AvgIpc) is 2.50. The van der Waals surface area contributed by atoms with Crippen LogP contribution in [0, 0.1) is 11.6 Å². The molecular weight excluding hydrogens is 318 g/mol. The van der Waals surface area contributed by atoms with E-state index in [1.54, 1.807) is 11.8 Å². The summed E-state index contributed by atoms with van der Waals surface area (Å²) in [5.41, 5.74) is 0.570. The summed E-state index contributed by atoms with van der Waals surface area (Å²) < 4.78 is 31.6. The molecule has 1 fully saturated rings. The lowest BCUT2D eigenvalue weighted by molar-refractivity contribution is -0.00428. The number of nitrogens with zero attached hydrogens (tertiary/aromatic N) is 1. The first kappa shape index (κ1) is 18.6. The number of aliphatic hydroxyl groups excluding tert-OH is 1. The molecule has 1 aliphatic heterocycles. The monoisotopic (exact) mass is 342 g/mol. The largest absolute Gasteiger partial charge is 0.393 e. The summed E-state index contributed by atoms with van der Waals surface area (Å²) in [4.78, 5) is 13.9. The van der Waals surface area contributed by atoms with Gasteiger partial charge >= 0.3 is 6.03 Å². The summed E-state index contributed by atoms with van der Waals surface area (Å²) in [6.07, 6.45) is 1.03. The number of rotatable bonds is 6. The van der Waals surface area contributed by atoms with Crippen LogP contribution >= 0.6 is 0 Å². The minimum atomic E-state index is -0.594. The van der Waals surface area contributed by atoms with Crippen molar-refractivity contribution >= 4 is 6.03 Å². The number of halogens is 2. The third-order valence-corrected chi connectivity index (χ3v) is 3.94. The van der Waals surface area contributed by atoms with Crippen molar-refractivity contribution in [2.75, 3.05) is 26.3 Å². The third kappa shape index (κ3) is 5.72. The van der Waals surface area contributed by atoms with Crippen LogP contribution in [0.4, 0.5) is 13.6 Å². The normalized spacial score (nSPS) is 19.2. The van der Waals surface area contributed by atoms with Crippen LogP contribution in [-0.4, -0.2) is 54.5 Å². The Balaban J connectivity index is 1.77. The summed E-state index contributed by atoms with van der Waals surface area (Å²) in [6.45, 7) is 3.48. The van der Waals surface area contributed by atoms with Crippen molar-refractivity contribution in [2.24, 2.45) is 0 Å². The quantitative estimate of drug-likeness (QED) is 0.778. The number of nitrogens with one attached hydrogen (secondary N) is 1. The van der Waals surface area contributed by atoms with E-state index in [9.17, 15) is 18.7 Å². The lowest BCUT2D eigenvalue weighted by atomic mass is 10.1. The molecule has 2 atom stereocenters. The summed E-state index contributed by atoms with van der Waals surface area (Å²) in [7, 11) is 0. The molecule has 0 unspecified atom stereocenters. The number of hydrogen-bond acceptors (Lipinski definition) is 3. The van der Waals surface area contributed by atoms with Crippen molar-refractivity contribution in [3.63, 3.8) is 0 Å². The predicted octanol–water partition coefficient (Wildman–Crippen LogP) is 2.08. The zero-order valence-corrected chi connectivity index (χ0v) is 13.8. The van der Waals surface area contributed by atoms with Gasteiger partial charge in [0.2, 0.25) is 0 Å². The minimum Gasteiger partial charge on any atom is -0.393 e. The highest BCUT2D eigenvalue weighted by molar-refractivity contribution is 5.74. The van der Waals surface area contributed by atoms with Crippen molar-refractivity contribution in [2.45, 2.75) is 38.3 Å². The Morgan fingerprint density at radius 1 is 1.42 bits per heavy atom. The Bertz CT molecular complexity index is 534. The minimum absolute atomic E-state index is 0.143. The van der Waals surface area contributed by atoms with E-state index in [4.69, 9.17) is 4.74 Å². The highest BCUT2D eigenvalue weighted by Gasteiger charge is 2.27. The maximum atomic E-state index is 13.1. The Hall–Kier alpha value is -1.73. The summed E-state index contributed by atoms with van der Waals surface area (Å²) in [6, 6.07) is 3.09. The van der Waals surface area contributed by atoms with Gasteiger partial charge < -0.3 is 20.1 Å². The van der Waals surface area contributed by atoms with Crippen LogP contribution in [0.25, 0.3) is 0 Å². The molecule has 134 valence electrons. The van der Waals surface area contributed by atoms with E-state index in [0.29, 0.717) is 51.1 Å². The zero-order valence-electron chi connectivity index (χ0n) is 13.8. The molecule has 0 aliphatic carbocycles. The smallest absolute Gasteiger partial charge is 0.317 e. The van der Waals surface area contributed by atoms with Crippen LogP contribution in [0.5, 0.6) is 0 Å². The Kier molecular flexibility index (Phi) is 6.93.